The molecule has 0 unspecified atom stereocenters. The van der Waals surface area contributed by atoms with Crippen LogP contribution in [-0.2, 0) is 9.59 Å². The standard InChI is InChI=1S/C21H18FN3O4S/c1-28-17-6-3-11(7-18(17)29-2)16-10-30-21(24-16)25-20(27)14-9-19(26)23-15-8-12(22)4-5-13(14)15/h3-8,10,14H,9H2,1-2H3,(H,23,26)(H,24,25,27)/t14-/m0/s1. The number of benzene rings is 2. The van der Waals surface area contributed by atoms with E-state index in [1.807, 2.05) is 11.4 Å². The van der Waals surface area contributed by atoms with E-state index in [0.717, 1.165) is 5.56 Å². The summed E-state index contributed by atoms with van der Waals surface area (Å²) in [5.41, 5.74) is 2.36. The van der Waals surface area contributed by atoms with Crippen molar-refractivity contribution in [3.8, 4) is 22.8 Å². The Morgan fingerprint density at radius 1 is 1.20 bits per heavy atom. The monoisotopic (exact) mass is 427 g/mol. The van der Waals surface area contributed by atoms with Crippen LogP contribution in [0.2, 0.25) is 0 Å². The molecule has 0 aliphatic carbocycles. The zero-order valence-corrected chi connectivity index (χ0v) is 17.0. The Morgan fingerprint density at radius 2 is 2.00 bits per heavy atom. The number of methoxy groups -OCH3 is 2. The lowest BCUT2D eigenvalue weighted by molar-refractivity contribution is -0.123. The fraction of sp³-hybridized carbons (Fsp3) is 0.190. The van der Waals surface area contributed by atoms with E-state index in [0.29, 0.717) is 33.6 Å². The van der Waals surface area contributed by atoms with E-state index in [4.69, 9.17) is 9.47 Å². The molecule has 1 aliphatic rings. The van der Waals surface area contributed by atoms with Gasteiger partial charge in [-0.15, -0.1) is 11.3 Å². The van der Waals surface area contributed by atoms with E-state index in [9.17, 15) is 14.0 Å². The Bertz CT molecular complexity index is 1130. The molecule has 7 nitrogen and oxygen atoms in total. The van der Waals surface area contributed by atoms with Gasteiger partial charge in [0.2, 0.25) is 11.8 Å². The second-order valence-corrected chi connectivity index (χ2v) is 7.49. The molecule has 0 spiro atoms. The molecule has 2 aromatic carbocycles. The number of rotatable bonds is 5. The minimum absolute atomic E-state index is 0.0155. The molecule has 0 saturated carbocycles. The number of hydrogen-bond acceptors (Lipinski definition) is 6. The highest BCUT2D eigenvalue weighted by Gasteiger charge is 2.31. The van der Waals surface area contributed by atoms with E-state index in [1.54, 1.807) is 26.4 Å². The summed E-state index contributed by atoms with van der Waals surface area (Å²) in [6.45, 7) is 0. The third kappa shape index (κ3) is 3.84. The number of hydrogen-bond donors (Lipinski definition) is 2. The quantitative estimate of drug-likeness (QED) is 0.642. The topological polar surface area (TPSA) is 89.5 Å². The fourth-order valence-electron chi connectivity index (χ4n) is 3.32. The first-order chi connectivity index (χ1) is 14.5. The number of carbonyl (C=O) groups is 2. The number of thiazole rings is 1. The van der Waals surface area contributed by atoms with Crippen molar-refractivity contribution in [3.63, 3.8) is 0 Å². The predicted molar refractivity (Wildman–Crippen MR) is 112 cm³/mol. The first-order valence-electron chi connectivity index (χ1n) is 9.06. The molecular formula is C21H18FN3O4S. The van der Waals surface area contributed by atoms with Gasteiger partial charge in [-0.05, 0) is 35.9 Å². The maximum Gasteiger partial charge on any atom is 0.234 e. The number of carbonyl (C=O) groups excluding carboxylic acids is 2. The molecule has 9 heteroatoms. The van der Waals surface area contributed by atoms with Crippen molar-refractivity contribution in [2.45, 2.75) is 12.3 Å². The molecule has 0 saturated heterocycles. The molecule has 154 valence electrons. The number of fused-ring (bicyclic) bond motifs is 1. The molecule has 1 aromatic heterocycles. The Kier molecular flexibility index (Phi) is 5.37. The number of aromatic nitrogens is 1. The molecule has 1 aliphatic heterocycles. The van der Waals surface area contributed by atoms with Crippen molar-refractivity contribution < 1.29 is 23.5 Å². The second-order valence-electron chi connectivity index (χ2n) is 6.63. The summed E-state index contributed by atoms with van der Waals surface area (Å²) >= 11 is 1.27. The molecule has 2 N–H and O–H groups in total. The maximum absolute atomic E-state index is 13.5. The molecule has 2 heterocycles. The highest BCUT2D eigenvalue weighted by atomic mass is 32.1. The van der Waals surface area contributed by atoms with Gasteiger partial charge in [0, 0.05) is 23.1 Å². The van der Waals surface area contributed by atoms with Crippen LogP contribution in [0.25, 0.3) is 11.3 Å². The zero-order chi connectivity index (χ0) is 21.3. The average molecular weight is 427 g/mol. The molecule has 0 radical (unpaired) electrons. The van der Waals surface area contributed by atoms with Crippen LogP contribution < -0.4 is 20.1 Å². The molecule has 0 bridgehead atoms. The van der Waals surface area contributed by atoms with Crippen molar-refractivity contribution in [1.82, 2.24) is 4.98 Å². The van der Waals surface area contributed by atoms with Crippen LogP contribution in [0.5, 0.6) is 11.5 Å². The Labute approximate surface area is 175 Å². The number of nitrogens with one attached hydrogen (secondary N) is 2. The maximum atomic E-state index is 13.5. The summed E-state index contributed by atoms with van der Waals surface area (Å²) in [7, 11) is 3.12. The van der Waals surface area contributed by atoms with Gasteiger partial charge in [-0.2, -0.15) is 0 Å². The highest BCUT2D eigenvalue weighted by Crippen LogP contribution is 2.36. The van der Waals surface area contributed by atoms with Gasteiger partial charge in [-0.25, -0.2) is 9.37 Å². The normalized spacial score (nSPS) is 15.2. The van der Waals surface area contributed by atoms with Crippen LogP contribution in [0.3, 0.4) is 0 Å². The summed E-state index contributed by atoms with van der Waals surface area (Å²) < 4.78 is 24.0. The minimum atomic E-state index is -0.720. The Hall–Kier alpha value is -3.46. The number of ether oxygens (including phenoxy) is 2. The third-order valence-electron chi connectivity index (χ3n) is 4.78. The van der Waals surface area contributed by atoms with Gasteiger partial charge in [-0.3, -0.25) is 9.59 Å². The Morgan fingerprint density at radius 3 is 2.77 bits per heavy atom. The SMILES string of the molecule is COc1ccc(-c2csc(NC(=O)[C@H]3CC(=O)Nc4cc(F)ccc43)n2)cc1OC. The number of halogens is 1. The van der Waals surface area contributed by atoms with Gasteiger partial charge < -0.3 is 20.1 Å². The predicted octanol–water partition coefficient (Wildman–Crippen LogP) is 4.03. The summed E-state index contributed by atoms with van der Waals surface area (Å²) in [6, 6.07) is 9.43. The minimum Gasteiger partial charge on any atom is -0.493 e. The van der Waals surface area contributed by atoms with E-state index in [2.05, 4.69) is 15.6 Å². The van der Waals surface area contributed by atoms with Gasteiger partial charge >= 0.3 is 0 Å². The van der Waals surface area contributed by atoms with Crippen LogP contribution in [0, 0.1) is 5.82 Å². The third-order valence-corrected chi connectivity index (χ3v) is 5.54. The molecule has 1 atom stereocenters. The fourth-order valence-corrected chi connectivity index (χ4v) is 4.05. The smallest absolute Gasteiger partial charge is 0.234 e. The summed E-state index contributed by atoms with van der Waals surface area (Å²) in [5.74, 6) is -0.719. The van der Waals surface area contributed by atoms with Crippen molar-refractivity contribution in [2.24, 2.45) is 0 Å². The van der Waals surface area contributed by atoms with Crippen LogP contribution in [0.15, 0.2) is 41.8 Å². The first-order valence-corrected chi connectivity index (χ1v) is 9.94. The van der Waals surface area contributed by atoms with Gasteiger partial charge in [0.15, 0.2) is 16.6 Å². The van der Waals surface area contributed by atoms with Gasteiger partial charge in [0.1, 0.15) is 5.82 Å². The van der Waals surface area contributed by atoms with Crippen LogP contribution in [-0.4, -0.2) is 31.0 Å². The summed E-state index contributed by atoms with van der Waals surface area (Å²) in [6.07, 6.45) is -0.0155. The molecule has 3 aromatic rings. The Balaban J connectivity index is 1.55. The lowest BCUT2D eigenvalue weighted by atomic mass is 9.90. The van der Waals surface area contributed by atoms with Crippen molar-refractivity contribution in [2.75, 3.05) is 24.9 Å². The van der Waals surface area contributed by atoms with E-state index in [-0.39, 0.29) is 18.2 Å². The average Bonchev–Trinajstić information content (AvgIpc) is 3.20. The number of nitrogens with zero attached hydrogens (tertiary/aromatic N) is 1. The van der Waals surface area contributed by atoms with Crippen LogP contribution in [0.1, 0.15) is 17.9 Å². The number of amides is 2. The van der Waals surface area contributed by atoms with E-state index in [1.165, 1.54) is 29.5 Å². The van der Waals surface area contributed by atoms with Crippen LogP contribution in [0.4, 0.5) is 15.2 Å². The lowest BCUT2D eigenvalue weighted by Crippen LogP contribution is -2.30. The van der Waals surface area contributed by atoms with Crippen molar-refractivity contribution in [3.05, 3.63) is 53.2 Å². The lowest BCUT2D eigenvalue weighted by Gasteiger charge is -2.24. The second kappa shape index (κ2) is 8.11. The van der Waals surface area contributed by atoms with Gasteiger partial charge in [0.05, 0.1) is 25.8 Å². The van der Waals surface area contributed by atoms with Gasteiger partial charge in [0.25, 0.3) is 0 Å². The largest absolute Gasteiger partial charge is 0.493 e. The van der Waals surface area contributed by atoms with E-state index >= 15 is 0 Å². The highest BCUT2D eigenvalue weighted by molar-refractivity contribution is 7.14. The molecule has 4 rings (SSSR count). The number of anilines is 2. The first kappa shape index (κ1) is 19.8. The zero-order valence-electron chi connectivity index (χ0n) is 16.2. The van der Waals surface area contributed by atoms with Crippen molar-refractivity contribution >= 4 is 34.0 Å². The molecule has 2 amide bonds. The van der Waals surface area contributed by atoms with Crippen LogP contribution >= 0.6 is 11.3 Å². The van der Waals surface area contributed by atoms with Crippen molar-refractivity contribution in [1.29, 1.82) is 0 Å². The van der Waals surface area contributed by atoms with E-state index < -0.39 is 11.7 Å². The molecule has 0 fully saturated rings. The summed E-state index contributed by atoms with van der Waals surface area (Å²) in [4.78, 5) is 29.3. The summed E-state index contributed by atoms with van der Waals surface area (Å²) in [5, 5.41) is 7.58. The van der Waals surface area contributed by atoms with Gasteiger partial charge in [-0.1, -0.05) is 6.07 Å². The molecule has 30 heavy (non-hydrogen) atoms. The molecular weight excluding hydrogens is 409 g/mol.